The van der Waals surface area contributed by atoms with Crippen molar-refractivity contribution < 1.29 is 8.78 Å². The summed E-state index contributed by atoms with van der Waals surface area (Å²) in [5.41, 5.74) is 6.58. The Bertz CT molecular complexity index is 370. The van der Waals surface area contributed by atoms with Crippen LogP contribution in [0.5, 0.6) is 0 Å². The van der Waals surface area contributed by atoms with E-state index in [4.69, 9.17) is 5.73 Å². The predicted octanol–water partition coefficient (Wildman–Crippen LogP) is 3.94. The predicted molar refractivity (Wildman–Crippen MR) is 64.5 cm³/mol. The van der Waals surface area contributed by atoms with Crippen LogP contribution in [0, 0.1) is 17.6 Å². The minimum atomic E-state index is -0.542. The molecule has 1 fully saturated rings. The van der Waals surface area contributed by atoms with E-state index in [1.807, 2.05) is 0 Å². The molecular weight excluding hydrogens is 220 g/mol. The van der Waals surface area contributed by atoms with Crippen LogP contribution in [0.15, 0.2) is 18.2 Å². The third kappa shape index (κ3) is 3.03. The highest BCUT2D eigenvalue weighted by atomic mass is 19.1. The number of benzene rings is 1. The molecule has 1 unspecified atom stereocenters. The van der Waals surface area contributed by atoms with E-state index in [0.717, 1.165) is 18.9 Å². The molecule has 94 valence electrons. The molecule has 2 N–H and O–H groups in total. The molecule has 17 heavy (non-hydrogen) atoms. The summed E-state index contributed by atoms with van der Waals surface area (Å²) < 4.78 is 26.5. The summed E-state index contributed by atoms with van der Waals surface area (Å²) in [4.78, 5) is 0. The molecule has 0 aliphatic heterocycles. The zero-order valence-corrected chi connectivity index (χ0v) is 9.96. The van der Waals surface area contributed by atoms with Crippen molar-refractivity contribution >= 4 is 0 Å². The number of hydrogen-bond acceptors (Lipinski definition) is 1. The molecule has 0 saturated heterocycles. The van der Waals surface area contributed by atoms with Gasteiger partial charge in [0.15, 0.2) is 0 Å². The van der Waals surface area contributed by atoms with Crippen LogP contribution >= 0.6 is 0 Å². The molecule has 1 aliphatic carbocycles. The summed E-state index contributed by atoms with van der Waals surface area (Å²) in [6, 6.07) is 3.40. The standard InChI is InChI=1S/C14H19F2N/c15-11-7-8-12(13(16)9-11)14(17)10-5-3-1-2-4-6-10/h7-10,14H,1-6,17H2. The van der Waals surface area contributed by atoms with E-state index < -0.39 is 11.6 Å². The van der Waals surface area contributed by atoms with Gasteiger partial charge >= 0.3 is 0 Å². The lowest BCUT2D eigenvalue weighted by Gasteiger charge is -2.23. The van der Waals surface area contributed by atoms with Crippen molar-refractivity contribution in [3.8, 4) is 0 Å². The van der Waals surface area contributed by atoms with Crippen molar-refractivity contribution in [2.75, 3.05) is 0 Å². The van der Waals surface area contributed by atoms with Gasteiger partial charge in [-0.25, -0.2) is 8.78 Å². The van der Waals surface area contributed by atoms with E-state index in [9.17, 15) is 8.78 Å². The fourth-order valence-electron chi connectivity index (χ4n) is 2.70. The zero-order valence-electron chi connectivity index (χ0n) is 9.96. The summed E-state index contributed by atoms with van der Waals surface area (Å²) in [6.45, 7) is 0. The van der Waals surface area contributed by atoms with Gasteiger partial charge in [0.05, 0.1) is 0 Å². The molecule has 3 heteroatoms. The van der Waals surface area contributed by atoms with Crippen molar-refractivity contribution in [2.45, 2.75) is 44.6 Å². The van der Waals surface area contributed by atoms with E-state index >= 15 is 0 Å². The van der Waals surface area contributed by atoms with Gasteiger partial charge in [0.2, 0.25) is 0 Å². The smallest absolute Gasteiger partial charge is 0.130 e. The Kier molecular flexibility index (Phi) is 4.11. The van der Waals surface area contributed by atoms with Crippen molar-refractivity contribution in [2.24, 2.45) is 11.7 Å². The third-order valence-corrected chi connectivity index (χ3v) is 3.73. The van der Waals surface area contributed by atoms with Gasteiger partial charge in [-0.15, -0.1) is 0 Å². The van der Waals surface area contributed by atoms with E-state index in [0.29, 0.717) is 11.5 Å². The second kappa shape index (κ2) is 5.58. The molecule has 1 aromatic rings. The van der Waals surface area contributed by atoms with E-state index in [1.165, 1.54) is 37.8 Å². The quantitative estimate of drug-likeness (QED) is 0.777. The highest BCUT2D eigenvalue weighted by Gasteiger charge is 2.23. The van der Waals surface area contributed by atoms with E-state index in [2.05, 4.69) is 0 Å². The maximum absolute atomic E-state index is 13.6. The molecule has 1 aliphatic rings. The number of halogens is 2. The molecule has 0 spiro atoms. The van der Waals surface area contributed by atoms with Crippen LogP contribution in [0.1, 0.15) is 50.1 Å². The number of rotatable bonds is 2. The molecule has 0 aromatic heterocycles. The third-order valence-electron chi connectivity index (χ3n) is 3.73. The average Bonchev–Trinajstić information content (AvgIpc) is 2.56. The average molecular weight is 239 g/mol. The SMILES string of the molecule is NC(c1ccc(F)cc1F)C1CCCCCC1. The largest absolute Gasteiger partial charge is 0.324 e. The Balaban J connectivity index is 2.14. The van der Waals surface area contributed by atoms with Crippen molar-refractivity contribution in [1.82, 2.24) is 0 Å². The van der Waals surface area contributed by atoms with Gasteiger partial charge in [-0.2, -0.15) is 0 Å². The summed E-state index contributed by atoms with van der Waals surface area (Å²) in [5.74, 6) is -0.724. The Labute approximate surface area is 101 Å². The maximum Gasteiger partial charge on any atom is 0.130 e. The molecule has 1 saturated carbocycles. The maximum atomic E-state index is 13.6. The van der Waals surface area contributed by atoms with Gasteiger partial charge in [-0.05, 0) is 24.8 Å². The topological polar surface area (TPSA) is 26.0 Å². The number of hydrogen-bond donors (Lipinski definition) is 1. The molecule has 2 rings (SSSR count). The van der Waals surface area contributed by atoms with Crippen LogP contribution in [0.3, 0.4) is 0 Å². The second-order valence-corrected chi connectivity index (χ2v) is 4.94. The summed E-state index contributed by atoms with van der Waals surface area (Å²) in [7, 11) is 0. The number of nitrogens with two attached hydrogens (primary N) is 1. The summed E-state index contributed by atoms with van der Waals surface area (Å²) in [6.07, 6.45) is 6.93. The van der Waals surface area contributed by atoms with Gasteiger partial charge in [-0.1, -0.05) is 31.7 Å². The molecule has 0 bridgehead atoms. The monoisotopic (exact) mass is 239 g/mol. The first-order valence-corrected chi connectivity index (χ1v) is 6.39. The lowest BCUT2D eigenvalue weighted by atomic mass is 9.87. The minimum absolute atomic E-state index is 0.298. The zero-order chi connectivity index (χ0) is 12.3. The van der Waals surface area contributed by atoms with E-state index in [-0.39, 0.29) is 6.04 Å². The molecule has 1 atom stereocenters. The van der Waals surface area contributed by atoms with Gasteiger partial charge in [-0.3, -0.25) is 0 Å². The van der Waals surface area contributed by atoms with Crippen LogP contribution < -0.4 is 5.73 Å². The van der Waals surface area contributed by atoms with Crippen LogP contribution in [0.25, 0.3) is 0 Å². The van der Waals surface area contributed by atoms with Crippen LogP contribution in [0.2, 0.25) is 0 Å². The Morgan fingerprint density at radius 3 is 2.29 bits per heavy atom. The van der Waals surface area contributed by atoms with Crippen LogP contribution in [-0.2, 0) is 0 Å². The highest BCUT2D eigenvalue weighted by Crippen LogP contribution is 2.33. The molecule has 1 nitrogen and oxygen atoms in total. The molecule has 0 heterocycles. The minimum Gasteiger partial charge on any atom is -0.324 e. The van der Waals surface area contributed by atoms with Crippen LogP contribution in [0.4, 0.5) is 8.78 Å². The van der Waals surface area contributed by atoms with Crippen LogP contribution in [-0.4, -0.2) is 0 Å². The Morgan fingerprint density at radius 2 is 1.71 bits per heavy atom. The van der Waals surface area contributed by atoms with Gasteiger partial charge in [0.1, 0.15) is 11.6 Å². The van der Waals surface area contributed by atoms with Crippen molar-refractivity contribution in [1.29, 1.82) is 0 Å². The molecular formula is C14H19F2N. The first-order chi connectivity index (χ1) is 8.18. The second-order valence-electron chi connectivity index (χ2n) is 4.94. The fourth-order valence-corrected chi connectivity index (χ4v) is 2.70. The van der Waals surface area contributed by atoms with Crippen molar-refractivity contribution in [3.63, 3.8) is 0 Å². The lowest BCUT2D eigenvalue weighted by Crippen LogP contribution is -2.22. The fraction of sp³-hybridized carbons (Fsp3) is 0.571. The van der Waals surface area contributed by atoms with Gasteiger partial charge in [0.25, 0.3) is 0 Å². The Morgan fingerprint density at radius 1 is 1.06 bits per heavy atom. The normalized spacial score (nSPS) is 19.9. The van der Waals surface area contributed by atoms with E-state index in [1.54, 1.807) is 0 Å². The first-order valence-electron chi connectivity index (χ1n) is 6.39. The van der Waals surface area contributed by atoms with Crippen molar-refractivity contribution in [3.05, 3.63) is 35.4 Å². The molecule has 0 radical (unpaired) electrons. The highest BCUT2D eigenvalue weighted by molar-refractivity contribution is 5.22. The summed E-state index contributed by atoms with van der Waals surface area (Å²) >= 11 is 0. The van der Waals surface area contributed by atoms with Gasteiger partial charge in [0, 0.05) is 17.7 Å². The first kappa shape index (κ1) is 12.5. The Hall–Kier alpha value is -0.960. The summed E-state index contributed by atoms with van der Waals surface area (Å²) in [5, 5.41) is 0. The molecule has 0 amide bonds. The van der Waals surface area contributed by atoms with Gasteiger partial charge < -0.3 is 5.73 Å². The molecule has 1 aromatic carbocycles. The lowest BCUT2D eigenvalue weighted by molar-refractivity contribution is 0.372.